The third-order valence-electron chi connectivity index (χ3n) is 2.87. The van der Waals surface area contributed by atoms with Gasteiger partial charge in [0.2, 0.25) is 0 Å². The van der Waals surface area contributed by atoms with E-state index in [0.29, 0.717) is 0 Å². The van der Waals surface area contributed by atoms with Gasteiger partial charge in [0.25, 0.3) is 0 Å². The zero-order valence-electron chi connectivity index (χ0n) is 13.1. The standard InChI is InChI=1S/C16H28N2O/c1-6-7-10-19-16-9-8-14(12-17(2)3)11-15(16)13-18(4)5/h8-9,11H,6-7,10,12-13H2,1-5H3. The first-order valence-corrected chi connectivity index (χ1v) is 7.07. The summed E-state index contributed by atoms with van der Waals surface area (Å²) in [6, 6.07) is 6.55. The van der Waals surface area contributed by atoms with Crippen LogP contribution in [0.5, 0.6) is 5.75 Å². The summed E-state index contributed by atoms with van der Waals surface area (Å²) in [5.41, 5.74) is 2.62. The SMILES string of the molecule is CCCCOc1ccc(CN(C)C)cc1CN(C)C. The van der Waals surface area contributed by atoms with E-state index >= 15 is 0 Å². The fraction of sp³-hybridized carbons (Fsp3) is 0.625. The predicted molar refractivity (Wildman–Crippen MR) is 81.6 cm³/mol. The van der Waals surface area contributed by atoms with Crippen LogP contribution in [0.2, 0.25) is 0 Å². The molecule has 3 heteroatoms. The van der Waals surface area contributed by atoms with Gasteiger partial charge >= 0.3 is 0 Å². The minimum Gasteiger partial charge on any atom is -0.493 e. The van der Waals surface area contributed by atoms with Crippen LogP contribution in [0, 0.1) is 0 Å². The van der Waals surface area contributed by atoms with Gasteiger partial charge in [0.1, 0.15) is 5.75 Å². The van der Waals surface area contributed by atoms with E-state index in [0.717, 1.165) is 31.9 Å². The Hall–Kier alpha value is -1.06. The van der Waals surface area contributed by atoms with Crippen LogP contribution in [0.25, 0.3) is 0 Å². The fourth-order valence-corrected chi connectivity index (χ4v) is 2.03. The lowest BCUT2D eigenvalue weighted by Crippen LogP contribution is -2.14. The fourth-order valence-electron chi connectivity index (χ4n) is 2.03. The highest BCUT2D eigenvalue weighted by Crippen LogP contribution is 2.22. The molecule has 0 unspecified atom stereocenters. The topological polar surface area (TPSA) is 15.7 Å². The lowest BCUT2D eigenvalue weighted by molar-refractivity contribution is 0.298. The number of hydrogen-bond donors (Lipinski definition) is 0. The third-order valence-corrected chi connectivity index (χ3v) is 2.87. The van der Waals surface area contributed by atoms with Gasteiger partial charge in [-0.25, -0.2) is 0 Å². The molecule has 0 spiro atoms. The summed E-state index contributed by atoms with van der Waals surface area (Å²) < 4.78 is 5.90. The zero-order chi connectivity index (χ0) is 14.3. The molecule has 0 saturated carbocycles. The molecule has 0 aromatic heterocycles. The first kappa shape index (κ1) is 16.0. The Morgan fingerprint density at radius 3 is 2.26 bits per heavy atom. The van der Waals surface area contributed by atoms with Crippen molar-refractivity contribution >= 4 is 0 Å². The van der Waals surface area contributed by atoms with Crippen molar-refractivity contribution in [2.24, 2.45) is 0 Å². The molecule has 0 saturated heterocycles. The number of benzene rings is 1. The van der Waals surface area contributed by atoms with Crippen LogP contribution >= 0.6 is 0 Å². The minimum absolute atomic E-state index is 0.809. The van der Waals surface area contributed by atoms with Crippen LogP contribution in [0.3, 0.4) is 0 Å². The van der Waals surface area contributed by atoms with Crippen LogP contribution in [0.4, 0.5) is 0 Å². The monoisotopic (exact) mass is 264 g/mol. The van der Waals surface area contributed by atoms with Gasteiger partial charge in [0, 0.05) is 18.7 Å². The maximum absolute atomic E-state index is 5.90. The highest BCUT2D eigenvalue weighted by Gasteiger charge is 2.07. The molecule has 0 fully saturated rings. The molecule has 19 heavy (non-hydrogen) atoms. The maximum atomic E-state index is 5.90. The molecule has 108 valence electrons. The molecule has 0 aliphatic heterocycles. The lowest BCUT2D eigenvalue weighted by Gasteiger charge is -2.17. The van der Waals surface area contributed by atoms with Gasteiger partial charge in [-0.3, -0.25) is 0 Å². The summed E-state index contributed by atoms with van der Waals surface area (Å²) in [6.45, 7) is 4.88. The highest BCUT2D eigenvalue weighted by molar-refractivity contribution is 5.37. The number of nitrogens with zero attached hydrogens (tertiary/aromatic N) is 2. The first-order chi connectivity index (χ1) is 9.02. The average Bonchev–Trinajstić information content (AvgIpc) is 2.30. The molecule has 0 aliphatic rings. The van der Waals surface area contributed by atoms with Crippen molar-refractivity contribution in [3.05, 3.63) is 29.3 Å². The minimum atomic E-state index is 0.809. The Kier molecular flexibility index (Phi) is 6.89. The lowest BCUT2D eigenvalue weighted by atomic mass is 10.1. The first-order valence-electron chi connectivity index (χ1n) is 7.07. The van der Waals surface area contributed by atoms with Gasteiger partial charge in [-0.1, -0.05) is 19.4 Å². The van der Waals surface area contributed by atoms with Gasteiger partial charge in [0.05, 0.1) is 6.61 Å². The van der Waals surface area contributed by atoms with Gasteiger partial charge < -0.3 is 14.5 Å². The smallest absolute Gasteiger partial charge is 0.123 e. The second kappa shape index (κ2) is 8.18. The van der Waals surface area contributed by atoms with Crippen molar-refractivity contribution < 1.29 is 4.74 Å². The molecule has 0 aliphatic carbocycles. The molecule has 0 atom stereocenters. The van der Waals surface area contributed by atoms with Crippen LogP contribution in [0.1, 0.15) is 30.9 Å². The van der Waals surface area contributed by atoms with Crippen molar-refractivity contribution in [1.29, 1.82) is 0 Å². The summed E-state index contributed by atoms with van der Waals surface area (Å²) in [7, 11) is 8.37. The van der Waals surface area contributed by atoms with Crippen molar-refractivity contribution in [1.82, 2.24) is 9.80 Å². The molecular weight excluding hydrogens is 236 g/mol. The maximum Gasteiger partial charge on any atom is 0.123 e. The van der Waals surface area contributed by atoms with Crippen molar-refractivity contribution in [3.63, 3.8) is 0 Å². The third kappa shape index (κ3) is 6.08. The number of unbranched alkanes of at least 4 members (excludes halogenated alkanes) is 1. The molecule has 1 rings (SSSR count). The second-order valence-electron chi connectivity index (χ2n) is 5.62. The summed E-state index contributed by atoms with van der Waals surface area (Å²) >= 11 is 0. The van der Waals surface area contributed by atoms with Crippen LogP contribution in [0.15, 0.2) is 18.2 Å². The molecule has 1 aromatic rings. The summed E-state index contributed by atoms with van der Waals surface area (Å²) in [5.74, 6) is 1.03. The molecule has 0 radical (unpaired) electrons. The van der Waals surface area contributed by atoms with E-state index in [1.807, 2.05) is 0 Å². The van der Waals surface area contributed by atoms with Crippen molar-refractivity contribution in [3.8, 4) is 5.75 Å². The van der Waals surface area contributed by atoms with Crippen molar-refractivity contribution in [2.45, 2.75) is 32.9 Å². The largest absolute Gasteiger partial charge is 0.493 e. The van der Waals surface area contributed by atoms with Gasteiger partial charge in [-0.2, -0.15) is 0 Å². The Morgan fingerprint density at radius 2 is 1.68 bits per heavy atom. The van der Waals surface area contributed by atoms with Crippen LogP contribution < -0.4 is 4.74 Å². The molecule has 0 amide bonds. The molecule has 3 nitrogen and oxygen atoms in total. The van der Waals surface area contributed by atoms with E-state index in [2.05, 4.69) is 63.1 Å². The normalized spacial score (nSPS) is 11.3. The Morgan fingerprint density at radius 1 is 1.00 bits per heavy atom. The molecule has 0 bridgehead atoms. The Bertz CT molecular complexity index is 375. The molecular formula is C16H28N2O. The zero-order valence-corrected chi connectivity index (χ0v) is 13.1. The summed E-state index contributed by atoms with van der Waals surface area (Å²) in [5, 5.41) is 0. The van der Waals surface area contributed by atoms with Gasteiger partial charge in [0.15, 0.2) is 0 Å². The van der Waals surface area contributed by atoms with Gasteiger partial charge in [-0.05, 0) is 52.3 Å². The number of ether oxygens (including phenoxy) is 1. The number of rotatable bonds is 8. The summed E-state index contributed by atoms with van der Waals surface area (Å²) in [4.78, 5) is 4.37. The van der Waals surface area contributed by atoms with Crippen LogP contribution in [-0.4, -0.2) is 44.6 Å². The van der Waals surface area contributed by atoms with E-state index in [1.165, 1.54) is 17.5 Å². The van der Waals surface area contributed by atoms with E-state index in [9.17, 15) is 0 Å². The average molecular weight is 264 g/mol. The quantitative estimate of drug-likeness (QED) is 0.671. The Balaban J connectivity index is 2.82. The number of hydrogen-bond acceptors (Lipinski definition) is 3. The van der Waals surface area contributed by atoms with Crippen LogP contribution in [-0.2, 0) is 13.1 Å². The predicted octanol–water partition coefficient (Wildman–Crippen LogP) is 2.99. The Labute approximate surface area is 118 Å². The van der Waals surface area contributed by atoms with E-state index in [1.54, 1.807) is 0 Å². The molecule has 1 aromatic carbocycles. The molecule has 0 heterocycles. The van der Waals surface area contributed by atoms with Crippen molar-refractivity contribution in [2.75, 3.05) is 34.8 Å². The highest BCUT2D eigenvalue weighted by atomic mass is 16.5. The van der Waals surface area contributed by atoms with E-state index in [-0.39, 0.29) is 0 Å². The van der Waals surface area contributed by atoms with Gasteiger partial charge in [-0.15, -0.1) is 0 Å². The molecule has 0 N–H and O–H groups in total. The van der Waals surface area contributed by atoms with E-state index < -0.39 is 0 Å². The van der Waals surface area contributed by atoms with E-state index in [4.69, 9.17) is 4.74 Å². The second-order valence-corrected chi connectivity index (χ2v) is 5.62. The summed E-state index contributed by atoms with van der Waals surface area (Å²) in [6.07, 6.45) is 2.28.